The van der Waals surface area contributed by atoms with Gasteiger partial charge in [-0.05, 0) is 11.6 Å². The van der Waals surface area contributed by atoms with E-state index in [1.165, 1.54) is 0 Å². The maximum Gasteiger partial charge on any atom is 0.429 e. The average molecular weight is 285 g/mol. The Morgan fingerprint density at radius 1 is 0.875 bits per heavy atom. The lowest BCUT2D eigenvalue weighted by Gasteiger charge is -2.29. The summed E-state index contributed by atoms with van der Waals surface area (Å²) in [7, 11) is 0. The highest BCUT2D eigenvalue weighted by Gasteiger charge is 2.73. The quantitative estimate of drug-likeness (QED) is 0.553. The van der Waals surface area contributed by atoms with Gasteiger partial charge in [0, 0.05) is 0 Å². The first-order chi connectivity index (χ1) is 6.83. The van der Waals surface area contributed by atoms with E-state index in [2.05, 4.69) is 16.3 Å². The molecule has 11 heteroatoms. The van der Waals surface area contributed by atoms with Gasteiger partial charge < -0.3 is 0 Å². The van der Waals surface area contributed by atoms with Crippen LogP contribution in [0, 0.1) is 0 Å². The molecule has 16 heavy (non-hydrogen) atoms. The normalized spacial score (nSPS) is 16.7. The summed E-state index contributed by atoms with van der Waals surface area (Å²) in [6, 6.07) is 0. The van der Waals surface area contributed by atoms with Crippen molar-refractivity contribution in [3.8, 4) is 0 Å². The molecule has 0 aromatic heterocycles. The minimum Gasteiger partial charge on any atom is -0.275 e. The van der Waals surface area contributed by atoms with Crippen molar-refractivity contribution >= 4 is 11.6 Å². The molecule has 98 valence electrons. The molecule has 0 N–H and O–H groups in total. The van der Waals surface area contributed by atoms with Crippen LogP contribution >= 0.6 is 11.6 Å². The molecule has 0 aromatic rings. The summed E-state index contributed by atoms with van der Waals surface area (Å²) < 4.78 is 109. The molecule has 0 amide bonds. The molecular weight excluding hydrogens is 282 g/mol. The summed E-state index contributed by atoms with van der Waals surface area (Å²) in [4.78, 5) is 0. The topological polar surface area (TPSA) is 9.23 Å². The molecule has 0 aliphatic carbocycles. The second-order valence-electron chi connectivity index (χ2n) is 2.39. The number of alkyl halides is 10. The standard InChI is InChI=1S/C5H2ClF9O/c6-4(12,13)3(10,11)5(14,15)16-2(9)1(7)8/h1-2H. The Kier molecular flexibility index (Phi) is 4.37. The fraction of sp³-hybridized carbons (Fsp3) is 1.00. The van der Waals surface area contributed by atoms with E-state index >= 15 is 0 Å². The van der Waals surface area contributed by atoms with Crippen LogP contribution in [-0.4, -0.2) is 30.2 Å². The van der Waals surface area contributed by atoms with Gasteiger partial charge in [0.2, 0.25) is 0 Å². The Labute approximate surface area is 87.1 Å². The van der Waals surface area contributed by atoms with Crippen LogP contribution in [0.1, 0.15) is 0 Å². The molecule has 0 rings (SSSR count). The number of ether oxygens (including phenoxy) is 1. The predicted octanol–water partition coefficient (Wildman–Crippen LogP) is 3.62. The highest BCUT2D eigenvalue weighted by Crippen LogP contribution is 2.49. The molecule has 0 fully saturated rings. The van der Waals surface area contributed by atoms with Crippen molar-refractivity contribution < 1.29 is 44.3 Å². The second kappa shape index (κ2) is 4.47. The number of halogens is 10. The van der Waals surface area contributed by atoms with Gasteiger partial charge in [0.1, 0.15) is 0 Å². The van der Waals surface area contributed by atoms with Crippen LogP contribution in [0.2, 0.25) is 0 Å². The lowest BCUT2D eigenvalue weighted by molar-refractivity contribution is -0.412. The molecule has 1 unspecified atom stereocenters. The summed E-state index contributed by atoms with van der Waals surface area (Å²) >= 11 is 3.62. The van der Waals surface area contributed by atoms with Crippen molar-refractivity contribution in [2.75, 3.05) is 0 Å². The molecule has 0 spiro atoms. The van der Waals surface area contributed by atoms with Crippen LogP contribution in [-0.2, 0) is 4.74 Å². The third-order valence-corrected chi connectivity index (χ3v) is 1.42. The van der Waals surface area contributed by atoms with Gasteiger partial charge in [-0.15, -0.1) is 0 Å². The van der Waals surface area contributed by atoms with Gasteiger partial charge in [0.05, 0.1) is 0 Å². The smallest absolute Gasteiger partial charge is 0.275 e. The Hall–Kier alpha value is -0.380. The third-order valence-electron chi connectivity index (χ3n) is 1.18. The van der Waals surface area contributed by atoms with Gasteiger partial charge in [-0.3, -0.25) is 4.74 Å². The summed E-state index contributed by atoms with van der Waals surface area (Å²) in [6.07, 6.45) is -14.5. The van der Waals surface area contributed by atoms with E-state index in [0.29, 0.717) is 0 Å². The van der Waals surface area contributed by atoms with Gasteiger partial charge in [-0.25, -0.2) is 13.2 Å². The molecular formula is C5H2ClF9O. The van der Waals surface area contributed by atoms with Crippen molar-refractivity contribution in [2.24, 2.45) is 0 Å². The first-order valence-corrected chi connectivity index (χ1v) is 3.63. The van der Waals surface area contributed by atoms with E-state index in [4.69, 9.17) is 0 Å². The number of rotatable bonds is 5. The van der Waals surface area contributed by atoms with E-state index in [1.807, 2.05) is 0 Å². The average Bonchev–Trinajstić information content (AvgIpc) is 2.00. The van der Waals surface area contributed by atoms with Crippen molar-refractivity contribution in [2.45, 2.75) is 30.2 Å². The van der Waals surface area contributed by atoms with Crippen molar-refractivity contribution in [1.82, 2.24) is 0 Å². The SMILES string of the molecule is FC(F)C(F)OC(F)(F)C(F)(F)C(F)(F)Cl. The van der Waals surface area contributed by atoms with Crippen molar-refractivity contribution in [3.05, 3.63) is 0 Å². The zero-order chi connectivity index (χ0) is 13.4. The van der Waals surface area contributed by atoms with E-state index in [-0.39, 0.29) is 0 Å². The summed E-state index contributed by atoms with van der Waals surface area (Å²) in [5.74, 6) is -6.35. The number of hydrogen-bond donors (Lipinski definition) is 0. The largest absolute Gasteiger partial charge is 0.429 e. The van der Waals surface area contributed by atoms with Gasteiger partial charge in [0.15, 0.2) is 0 Å². The van der Waals surface area contributed by atoms with Gasteiger partial charge in [0.25, 0.3) is 12.8 Å². The lowest BCUT2D eigenvalue weighted by atomic mass is 10.3. The molecule has 0 bridgehead atoms. The summed E-state index contributed by atoms with van der Waals surface area (Å²) in [5, 5.41) is -5.79. The molecule has 0 aromatic carbocycles. The highest BCUT2D eigenvalue weighted by atomic mass is 35.5. The Morgan fingerprint density at radius 3 is 1.50 bits per heavy atom. The molecule has 0 saturated heterocycles. The highest BCUT2D eigenvalue weighted by molar-refractivity contribution is 6.22. The van der Waals surface area contributed by atoms with Crippen LogP contribution in [0.5, 0.6) is 0 Å². The zero-order valence-corrected chi connectivity index (χ0v) is 7.60. The Balaban J connectivity index is 4.92. The van der Waals surface area contributed by atoms with Gasteiger partial charge in [-0.2, -0.15) is 26.3 Å². The molecule has 0 aliphatic heterocycles. The van der Waals surface area contributed by atoms with Crippen LogP contribution in [0.15, 0.2) is 0 Å². The first kappa shape index (κ1) is 15.6. The van der Waals surface area contributed by atoms with E-state index in [0.717, 1.165) is 0 Å². The molecule has 1 atom stereocenters. The maximum absolute atomic E-state index is 12.2. The summed E-state index contributed by atoms with van der Waals surface area (Å²) in [6.45, 7) is 0. The van der Waals surface area contributed by atoms with E-state index in [1.54, 1.807) is 0 Å². The molecule has 1 nitrogen and oxygen atoms in total. The zero-order valence-electron chi connectivity index (χ0n) is 6.84. The van der Waals surface area contributed by atoms with Crippen LogP contribution < -0.4 is 0 Å². The molecule has 0 aliphatic rings. The molecule has 0 radical (unpaired) electrons. The molecule has 0 heterocycles. The molecule has 0 saturated carbocycles. The van der Waals surface area contributed by atoms with E-state index in [9.17, 15) is 39.5 Å². The van der Waals surface area contributed by atoms with Crippen LogP contribution in [0.4, 0.5) is 39.5 Å². The first-order valence-electron chi connectivity index (χ1n) is 3.25. The van der Waals surface area contributed by atoms with Crippen LogP contribution in [0.25, 0.3) is 0 Å². The van der Waals surface area contributed by atoms with Gasteiger partial charge >= 0.3 is 17.4 Å². The van der Waals surface area contributed by atoms with Crippen molar-refractivity contribution in [1.29, 1.82) is 0 Å². The second-order valence-corrected chi connectivity index (χ2v) is 2.87. The Bertz CT molecular complexity index is 237. The summed E-state index contributed by atoms with van der Waals surface area (Å²) in [5.41, 5.74) is 0. The minimum atomic E-state index is -6.35. The van der Waals surface area contributed by atoms with Crippen molar-refractivity contribution in [3.63, 3.8) is 0 Å². The third kappa shape index (κ3) is 3.06. The van der Waals surface area contributed by atoms with Crippen LogP contribution in [0.3, 0.4) is 0 Å². The lowest BCUT2D eigenvalue weighted by Crippen LogP contribution is -2.54. The maximum atomic E-state index is 12.2. The van der Waals surface area contributed by atoms with E-state index < -0.39 is 30.2 Å². The Morgan fingerprint density at radius 2 is 1.25 bits per heavy atom. The number of hydrogen-bond acceptors (Lipinski definition) is 1. The van der Waals surface area contributed by atoms with Gasteiger partial charge in [-0.1, -0.05) is 0 Å². The fourth-order valence-electron chi connectivity index (χ4n) is 0.432. The monoisotopic (exact) mass is 284 g/mol. The minimum absolute atomic E-state index is 2.23. The fourth-order valence-corrected chi connectivity index (χ4v) is 0.542. The predicted molar refractivity (Wildman–Crippen MR) is 32.7 cm³/mol.